The number of aromatic nitrogens is 2. The number of hydrogen-bond donors (Lipinski definition) is 1. The van der Waals surface area contributed by atoms with E-state index in [1.165, 1.54) is 10.9 Å². The molecule has 2 heterocycles. The Morgan fingerprint density at radius 2 is 1.68 bits per heavy atom. The molecule has 4 rings (SSSR count). The van der Waals surface area contributed by atoms with Crippen LogP contribution in [0.5, 0.6) is 11.5 Å². The van der Waals surface area contributed by atoms with Gasteiger partial charge in [0.15, 0.2) is 0 Å². The second-order valence-electron chi connectivity index (χ2n) is 6.86. The van der Waals surface area contributed by atoms with E-state index in [1.807, 2.05) is 55.5 Å². The lowest BCUT2D eigenvalue weighted by Gasteiger charge is -2.27. The Labute approximate surface area is 162 Å². The first-order valence-corrected chi connectivity index (χ1v) is 9.22. The van der Waals surface area contributed by atoms with E-state index in [4.69, 9.17) is 4.74 Å². The molecule has 0 saturated heterocycles. The molecule has 1 amide bonds. The number of rotatable bonds is 4. The molecule has 0 bridgehead atoms. The molecule has 6 heteroatoms. The highest BCUT2D eigenvalue weighted by molar-refractivity contribution is 5.89. The van der Waals surface area contributed by atoms with E-state index in [-0.39, 0.29) is 11.5 Å². The van der Waals surface area contributed by atoms with Crippen molar-refractivity contribution in [1.29, 1.82) is 0 Å². The molecular formula is C22H21N3O3. The summed E-state index contributed by atoms with van der Waals surface area (Å²) in [5.74, 6) is 0.815. The number of fused-ring (bicyclic) bond motifs is 2. The first-order valence-electron chi connectivity index (χ1n) is 9.22. The van der Waals surface area contributed by atoms with Gasteiger partial charge in [0.1, 0.15) is 11.5 Å². The van der Waals surface area contributed by atoms with Crippen LogP contribution in [0.15, 0.2) is 59.7 Å². The molecule has 0 unspecified atom stereocenters. The van der Waals surface area contributed by atoms with Gasteiger partial charge in [-0.15, -0.1) is 0 Å². The Kier molecular flexibility index (Phi) is 4.69. The van der Waals surface area contributed by atoms with Crippen LogP contribution in [0.2, 0.25) is 0 Å². The van der Waals surface area contributed by atoms with Crippen LogP contribution in [0.25, 0.3) is 0 Å². The first-order chi connectivity index (χ1) is 13.6. The third-order valence-electron chi connectivity index (χ3n) is 5.11. The lowest BCUT2D eigenvalue weighted by molar-refractivity contribution is -0.121. The molecule has 142 valence electrons. The van der Waals surface area contributed by atoms with E-state index in [0.717, 1.165) is 16.8 Å². The van der Waals surface area contributed by atoms with E-state index in [9.17, 15) is 9.59 Å². The molecule has 0 aliphatic carbocycles. The number of aryl methyl sites for hydroxylation is 1. The molecule has 2 aromatic carbocycles. The van der Waals surface area contributed by atoms with Crippen molar-refractivity contribution in [3.8, 4) is 11.5 Å². The van der Waals surface area contributed by atoms with Crippen molar-refractivity contribution < 1.29 is 9.53 Å². The molecular weight excluding hydrogens is 354 g/mol. The summed E-state index contributed by atoms with van der Waals surface area (Å²) in [7, 11) is 0. The molecule has 0 atom stereocenters. The Hall–Kier alpha value is -3.41. The van der Waals surface area contributed by atoms with E-state index in [0.29, 0.717) is 30.2 Å². The van der Waals surface area contributed by atoms with Gasteiger partial charge >= 0.3 is 0 Å². The summed E-state index contributed by atoms with van der Waals surface area (Å²) in [6.45, 7) is 4.27. The zero-order valence-corrected chi connectivity index (χ0v) is 15.8. The zero-order valence-electron chi connectivity index (χ0n) is 15.8. The Morgan fingerprint density at radius 3 is 2.32 bits per heavy atom. The first kappa shape index (κ1) is 18.0. The van der Waals surface area contributed by atoms with E-state index < -0.39 is 5.92 Å². The van der Waals surface area contributed by atoms with E-state index in [1.54, 1.807) is 6.92 Å². The average Bonchev–Trinajstić information content (AvgIpc) is 2.71. The maximum atomic E-state index is 13.1. The quantitative estimate of drug-likeness (QED) is 0.761. The monoisotopic (exact) mass is 375 g/mol. The van der Waals surface area contributed by atoms with Gasteiger partial charge in [0, 0.05) is 35.5 Å². The van der Waals surface area contributed by atoms with Gasteiger partial charge in [-0.05, 0) is 26.0 Å². The minimum Gasteiger partial charge on any atom is -0.457 e. The van der Waals surface area contributed by atoms with Crippen LogP contribution in [0.1, 0.15) is 28.3 Å². The largest absolute Gasteiger partial charge is 0.457 e. The Morgan fingerprint density at radius 1 is 1.07 bits per heavy atom. The van der Waals surface area contributed by atoms with Gasteiger partial charge in [-0.1, -0.05) is 36.4 Å². The number of nitrogens with one attached hydrogen (secondary N) is 1. The molecule has 1 aliphatic heterocycles. The van der Waals surface area contributed by atoms with Gasteiger partial charge in [-0.25, -0.2) is 4.98 Å². The van der Waals surface area contributed by atoms with Crippen LogP contribution < -0.4 is 15.6 Å². The summed E-state index contributed by atoms with van der Waals surface area (Å²) >= 11 is 0. The average molecular weight is 375 g/mol. The van der Waals surface area contributed by atoms with Crippen LogP contribution in [0.4, 0.5) is 0 Å². The number of nitrogens with zero attached hydrogens (tertiary/aromatic N) is 2. The SMILES string of the molecule is Cc1ncn(CCNC(=O)C2c3ccccc3Oc3ccccc32)c(=O)c1C. The summed E-state index contributed by atoms with van der Waals surface area (Å²) in [6, 6.07) is 15.1. The van der Waals surface area contributed by atoms with Gasteiger partial charge in [0.05, 0.1) is 12.2 Å². The van der Waals surface area contributed by atoms with Crippen molar-refractivity contribution in [2.75, 3.05) is 6.54 Å². The van der Waals surface area contributed by atoms with Crippen molar-refractivity contribution in [3.63, 3.8) is 0 Å². The van der Waals surface area contributed by atoms with E-state index in [2.05, 4.69) is 10.3 Å². The topological polar surface area (TPSA) is 73.2 Å². The molecule has 28 heavy (non-hydrogen) atoms. The number of carbonyl (C=O) groups excluding carboxylic acids is 1. The molecule has 0 spiro atoms. The van der Waals surface area contributed by atoms with Crippen molar-refractivity contribution in [2.45, 2.75) is 26.3 Å². The number of para-hydroxylation sites is 2. The predicted octanol–water partition coefficient (Wildman–Crippen LogP) is 2.91. The maximum Gasteiger partial charge on any atom is 0.256 e. The van der Waals surface area contributed by atoms with Crippen LogP contribution in [0.3, 0.4) is 0 Å². The Bertz CT molecular complexity index is 1060. The molecule has 0 saturated carbocycles. The second kappa shape index (κ2) is 7.31. The minimum absolute atomic E-state index is 0.0801. The smallest absolute Gasteiger partial charge is 0.256 e. The molecule has 6 nitrogen and oxygen atoms in total. The fourth-order valence-corrected chi connectivity index (χ4v) is 3.43. The summed E-state index contributed by atoms with van der Waals surface area (Å²) < 4.78 is 7.46. The van der Waals surface area contributed by atoms with Crippen LogP contribution in [-0.2, 0) is 11.3 Å². The number of benzene rings is 2. The fraction of sp³-hybridized carbons (Fsp3) is 0.227. The highest BCUT2D eigenvalue weighted by Crippen LogP contribution is 2.43. The predicted molar refractivity (Wildman–Crippen MR) is 106 cm³/mol. The van der Waals surface area contributed by atoms with Crippen molar-refractivity contribution in [1.82, 2.24) is 14.9 Å². The third kappa shape index (κ3) is 3.17. The van der Waals surface area contributed by atoms with Gasteiger partial charge in [0.2, 0.25) is 5.91 Å². The van der Waals surface area contributed by atoms with Crippen molar-refractivity contribution >= 4 is 5.91 Å². The van der Waals surface area contributed by atoms with Crippen LogP contribution in [-0.4, -0.2) is 22.0 Å². The highest BCUT2D eigenvalue weighted by Gasteiger charge is 2.32. The van der Waals surface area contributed by atoms with Gasteiger partial charge in [0.25, 0.3) is 5.56 Å². The van der Waals surface area contributed by atoms with Crippen molar-refractivity contribution in [2.24, 2.45) is 0 Å². The lowest BCUT2D eigenvalue weighted by Crippen LogP contribution is -2.35. The number of amides is 1. The Balaban J connectivity index is 1.54. The number of ether oxygens (including phenoxy) is 1. The second-order valence-corrected chi connectivity index (χ2v) is 6.86. The molecule has 1 aromatic heterocycles. The number of hydrogen-bond acceptors (Lipinski definition) is 4. The molecule has 1 N–H and O–H groups in total. The standard InChI is InChI=1S/C22H21N3O3/c1-14-15(2)24-13-25(22(14)27)12-11-23-21(26)20-16-7-3-5-9-18(16)28-19-10-6-4-8-17(19)20/h3-10,13,20H,11-12H2,1-2H3,(H,23,26). The lowest BCUT2D eigenvalue weighted by atomic mass is 9.87. The van der Waals surface area contributed by atoms with Gasteiger partial charge in [-0.2, -0.15) is 0 Å². The van der Waals surface area contributed by atoms with Crippen molar-refractivity contribution in [3.05, 3.63) is 87.6 Å². The summed E-state index contributed by atoms with van der Waals surface area (Å²) in [6.07, 6.45) is 1.52. The van der Waals surface area contributed by atoms with E-state index >= 15 is 0 Å². The van der Waals surface area contributed by atoms with Gasteiger partial charge < -0.3 is 10.1 Å². The maximum absolute atomic E-state index is 13.1. The molecule has 1 aliphatic rings. The third-order valence-corrected chi connectivity index (χ3v) is 5.11. The normalized spacial score (nSPS) is 12.6. The highest BCUT2D eigenvalue weighted by atomic mass is 16.5. The van der Waals surface area contributed by atoms with Gasteiger partial charge in [-0.3, -0.25) is 14.2 Å². The summed E-state index contributed by atoms with van der Waals surface area (Å²) in [5, 5.41) is 2.96. The fourth-order valence-electron chi connectivity index (χ4n) is 3.43. The minimum atomic E-state index is -0.448. The molecule has 0 radical (unpaired) electrons. The molecule has 0 fully saturated rings. The summed E-state index contributed by atoms with van der Waals surface area (Å²) in [5.41, 5.74) is 2.94. The summed E-state index contributed by atoms with van der Waals surface area (Å²) in [4.78, 5) is 29.6. The van der Waals surface area contributed by atoms with Crippen LogP contribution in [0, 0.1) is 13.8 Å². The zero-order chi connectivity index (χ0) is 19.7. The number of carbonyl (C=O) groups is 1. The molecule has 3 aromatic rings. The van der Waals surface area contributed by atoms with Crippen LogP contribution >= 0.6 is 0 Å².